The summed E-state index contributed by atoms with van der Waals surface area (Å²) in [5, 5.41) is 15.0. The molecule has 0 saturated carbocycles. The second-order valence-electron chi connectivity index (χ2n) is 6.70. The zero-order valence-corrected chi connectivity index (χ0v) is 16.8. The van der Waals surface area contributed by atoms with Crippen LogP contribution in [0.2, 0.25) is 0 Å². The summed E-state index contributed by atoms with van der Waals surface area (Å²) in [6.07, 6.45) is 1.76. The number of benzene rings is 2. The highest BCUT2D eigenvalue weighted by Gasteiger charge is 2.10. The Morgan fingerprint density at radius 3 is 2.55 bits per heavy atom. The Balaban J connectivity index is 1.50. The van der Waals surface area contributed by atoms with E-state index in [1.165, 1.54) is 0 Å². The van der Waals surface area contributed by atoms with Crippen molar-refractivity contribution < 1.29 is 4.79 Å². The fourth-order valence-electron chi connectivity index (χ4n) is 3.18. The molecule has 3 N–H and O–H groups in total. The molecule has 2 aromatic heterocycles. The van der Waals surface area contributed by atoms with Crippen LogP contribution in [-0.4, -0.2) is 26.1 Å². The standard InChI is InChI=1S/C22H19N5OS/c1-13-20-19(10-11-23-21(20)27-26-13)15-6-8-17(9-7-15)24-22(29)25-18-5-3-4-16(12-18)14(2)28/h3-12H,1-2H3,(H,23,26,27)(H2,24,25,29). The number of Topliss-reactive ketones (excluding diaryl/α,β-unsaturated/α-hetero) is 1. The summed E-state index contributed by atoms with van der Waals surface area (Å²) in [6, 6.07) is 17.2. The van der Waals surface area contributed by atoms with E-state index in [0.717, 1.165) is 33.6 Å². The molecule has 0 aliphatic rings. The van der Waals surface area contributed by atoms with E-state index >= 15 is 0 Å². The van der Waals surface area contributed by atoms with Gasteiger partial charge in [0.25, 0.3) is 0 Å². The molecule has 2 heterocycles. The van der Waals surface area contributed by atoms with Crippen molar-refractivity contribution in [3.63, 3.8) is 0 Å². The summed E-state index contributed by atoms with van der Waals surface area (Å²) in [4.78, 5) is 15.8. The van der Waals surface area contributed by atoms with E-state index in [1.807, 2.05) is 49.4 Å². The summed E-state index contributed by atoms with van der Waals surface area (Å²) < 4.78 is 0. The Hall–Kier alpha value is -3.58. The molecule has 0 fully saturated rings. The van der Waals surface area contributed by atoms with Gasteiger partial charge in [-0.2, -0.15) is 5.10 Å². The van der Waals surface area contributed by atoms with Gasteiger partial charge in [0.15, 0.2) is 16.5 Å². The first-order valence-corrected chi connectivity index (χ1v) is 9.51. The number of aromatic amines is 1. The number of carbonyl (C=O) groups excluding carboxylic acids is 1. The van der Waals surface area contributed by atoms with Crippen molar-refractivity contribution >= 4 is 45.5 Å². The fraction of sp³-hybridized carbons (Fsp3) is 0.0909. The minimum atomic E-state index is 0.0150. The van der Waals surface area contributed by atoms with Gasteiger partial charge in [-0.05, 0) is 67.5 Å². The van der Waals surface area contributed by atoms with Crippen LogP contribution in [0.15, 0.2) is 60.8 Å². The number of carbonyl (C=O) groups is 1. The second kappa shape index (κ2) is 7.81. The third-order valence-electron chi connectivity index (χ3n) is 4.62. The van der Waals surface area contributed by atoms with Crippen molar-refractivity contribution in [3.8, 4) is 11.1 Å². The highest BCUT2D eigenvalue weighted by molar-refractivity contribution is 7.80. The zero-order chi connectivity index (χ0) is 20.4. The van der Waals surface area contributed by atoms with E-state index in [2.05, 4.69) is 25.8 Å². The molecule has 0 spiro atoms. The van der Waals surface area contributed by atoms with Crippen LogP contribution in [0.1, 0.15) is 23.0 Å². The highest BCUT2D eigenvalue weighted by atomic mass is 32.1. The van der Waals surface area contributed by atoms with Crippen LogP contribution >= 0.6 is 12.2 Å². The van der Waals surface area contributed by atoms with Gasteiger partial charge >= 0.3 is 0 Å². The van der Waals surface area contributed by atoms with Crippen LogP contribution in [0.5, 0.6) is 0 Å². The Bertz CT molecular complexity index is 1210. The first kappa shape index (κ1) is 18.8. The Morgan fingerprint density at radius 2 is 1.79 bits per heavy atom. The summed E-state index contributed by atoms with van der Waals surface area (Å²) in [6.45, 7) is 3.53. The number of nitrogens with one attached hydrogen (secondary N) is 3. The van der Waals surface area contributed by atoms with E-state index in [9.17, 15) is 4.79 Å². The third kappa shape index (κ3) is 4.00. The van der Waals surface area contributed by atoms with Crippen LogP contribution < -0.4 is 10.6 Å². The van der Waals surface area contributed by atoms with Crippen LogP contribution in [0.3, 0.4) is 0 Å². The van der Waals surface area contributed by atoms with Crippen molar-refractivity contribution in [1.29, 1.82) is 0 Å². The van der Waals surface area contributed by atoms with Gasteiger partial charge in [-0.25, -0.2) is 4.98 Å². The summed E-state index contributed by atoms with van der Waals surface area (Å²) in [7, 11) is 0. The zero-order valence-electron chi connectivity index (χ0n) is 16.0. The predicted molar refractivity (Wildman–Crippen MR) is 120 cm³/mol. The van der Waals surface area contributed by atoms with Crippen molar-refractivity contribution in [1.82, 2.24) is 15.2 Å². The quantitative estimate of drug-likeness (QED) is 0.332. The van der Waals surface area contributed by atoms with E-state index in [1.54, 1.807) is 25.3 Å². The number of fused-ring (bicyclic) bond motifs is 1. The second-order valence-corrected chi connectivity index (χ2v) is 7.11. The fourth-order valence-corrected chi connectivity index (χ4v) is 3.42. The van der Waals surface area contributed by atoms with Crippen molar-refractivity contribution in [3.05, 3.63) is 72.1 Å². The van der Waals surface area contributed by atoms with Gasteiger partial charge in [0.1, 0.15) is 0 Å². The number of thiocarbonyl (C=S) groups is 1. The topological polar surface area (TPSA) is 82.7 Å². The summed E-state index contributed by atoms with van der Waals surface area (Å²) in [5.74, 6) is 0.0150. The maximum Gasteiger partial charge on any atom is 0.181 e. The van der Waals surface area contributed by atoms with Gasteiger partial charge in [-0.3, -0.25) is 9.89 Å². The molecule has 144 valence electrons. The molecular formula is C22H19N5OS. The van der Waals surface area contributed by atoms with Crippen molar-refractivity contribution in [2.24, 2.45) is 0 Å². The number of pyridine rings is 1. The largest absolute Gasteiger partial charge is 0.332 e. The molecule has 0 bridgehead atoms. The van der Waals surface area contributed by atoms with Gasteiger partial charge in [-0.1, -0.05) is 24.3 Å². The lowest BCUT2D eigenvalue weighted by atomic mass is 10.0. The number of nitrogens with zero attached hydrogens (tertiary/aromatic N) is 2. The summed E-state index contributed by atoms with van der Waals surface area (Å²) >= 11 is 5.39. The van der Waals surface area contributed by atoms with Gasteiger partial charge in [-0.15, -0.1) is 0 Å². The molecule has 0 aliphatic heterocycles. The third-order valence-corrected chi connectivity index (χ3v) is 4.82. The molecule has 0 radical (unpaired) electrons. The molecule has 4 aromatic rings. The normalized spacial score (nSPS) is 10.7. The smallest absolute Gasteiger partial charge is 0.181 e. The lowest BCUT2D eigenvalue weighted by Crippen LogP contribution is -2.19. The number of aromatic nitrogens is 3. The van der Waals surface area contributed by atoms with Crippen molar-refractivity contribution in [2.45, 2.75) is 13.8 Å². The van der Waals surface area contributed by atoms with Crippen molar-refractivity contribution in [2.75, 3.05) is 10.6 Å². The number of aryl methyl sites for hydroxylation is 1. The predicted octanol–water partition coefficient (Wildman–Crippen LogP) is 4.94. The first-order valence-electron chi connectivity index (χ1n) is 9.10. The lowest BCUT2D eigenvalue weighted by Gasteiger charge is -2.12. The molecule has 0 aliphatic carbocycles. The maximum atomic E-state index is 11.5. The number of rotatable bonds is 4. The lowest BCUT2D eigenvalue weighted by molar-refractivity contribution is 0.101. The van der Waals surface area contributed by atoms with Gasteiger partial charge in [0.2, 0.25) is 0 Å². The molecule has 29 heavy (non-hydrogen) atoms. The highest BCUT2D eigenvalue weighted by Crippen LogP contribution is 2.29. The molecule has 0 saturated heterocycles. The van der Waals surface area contributed by atoms with E-state index < -0.39 is 0 Å². The monoisotopic (exact) mass is 401 g/mol. The molecule has 2 aromatic carbocycles. The van der Waals surface area contributed by atoms with Crippen LogP contribution in [0.25, 0.3) is 22.2 Å². The average molecular weight is 401 g/mol. The molecule has 0 amide bonds. The molecule has 4 rings (SSSR count). The number of H-pyrrole nitrogens is 1. The molecule has 0 unspecified atom stereocenters. The number of hydrogen-bond acceptors (Lipinski definition) is 4. The van der Waals surface area contributed by atoms with Crippen LogP contribution in [-0.2, 0) is 0 Å². The SMILES string of the molecule is CC(=O)c1cccc(NC(=S)Nc2ccc(-c3ccnc4n[nH]c(C)c34)cc2)c1. The Labute approximate surface area is 173 Å². The molecule has 0 atom stereocenters. The molecular weight excluding hydrogens is 382 g/mol. The Kier molecular flexibility index (Phi) is 5.05. The minimum absolute atomic E-state index is 0.0150. The van der Waals surface area contributed by atoms with E-state index in [4.69, 9.17) is 12.2 Å². The number of ketones is 1. The minimum Gasteiger partial charge on any atom is -0.332 e. The summed E-state index contributed by atoms with van der Waals surface area (Å²) in [5.41, 5.74) is 6.11. The average Bonchev–Trinajstić information content (AvgIpc) is 3.10. The van der Waals surface area contributed by atoms with Crippen LogP contribution in [0, 0.1) is 6.92 Å². The number of anilines is 2. The maximum absolute atomic E-state index is 11.5. The van der Waals surface area contributed by atoms with E-state index in [-0.39, 0.29) is 5.78 Å². The van der Waals surface area contributed by atoms with E-state index in [0.29, 0.717) is 16.3 Å². The van der Waals surface area contributed by atoms with Gasteiger partial charge < -0.3 is 10.6 Å². The first-order chi connectivity index (χ1) is 14.0. The van der Waals surface area contributed by atoms with Gasteiger partial charge in [0, 0.05) is 34.2 Å². The number of hydrogen-bond donors (Lipinski definition) is 3. The van der Waals surface area contributed by atoms with Crippen LogP contribution in [0.4, 0.5) is 11.4 Å². The molecule has 7 heteroatoms. The van der Waals surface area contributed by atoms with Gasteiger partial charge in [0.05, 0.1) is 0 Å². The molecule has 6 nitrogen and oxygen atoms in total. The Morgan fingerprint density at radius 1 is 1.03 bits per heavy atom.